The summed E-state index contributed by atoms with van der Waals surface area (Å²) in [6.07, 6.45) is 0.675. The van der Waals surface area contributed by atoms with Crippen LogP contribution < -0.4 is 0 Å². The summed E-state index contributed by atoms with van der Waals surface area (Å²) in [6.45, 7) is 10.6. The molecule has 0 spiro atoms. The number of hydrogen-bond acceptors (Lipinski definition) is 2. The maximum absolute atomic E-state index is 11.3. The molecule has 0 amide bonds. The van der Waals surface area contributed by atoms with E-state index in [-0.39, 0.29) is 11.8 Å². The second-order valence-electron chi connectivity index (χ2n) is 9.44. The van der Waals surface area contributed by atoms with E-state index < -0.39 is 11.9 Å². The van der Waals surface area contributed by atoms with Gasteiger partial charge in [-0.3, -0.25) is 0 Å². The van der Waals surface area contributed by atoms with Crippen LogP contribution in [0.3, 0.4) is 0 Å². The van der Waals surface area contributed by atoms with Crippen molar-refractivity contribution in [1.82, 2.24) is 0 Å². The van der Waals surface area contributed by atoms with E-state index in [1.165, 1.54) is 5.56 Å². The van der Waals surface area contributed by atoms with Gasteiger partial charge in [-0.25, -0.2) is 9.59 Å². The zero-order chi connectivity index (χ0) is 24.6. The lowest BCUT2D eigenvalue weighted by Crippen LogP contribution is -2.10. The minimum atomic E-state index is -0.939. The monoisotopic (exact) mass is 446 g/mol. The molecule has 0 bridgehead atoms. The summed E-state index contributed by atoms with van der Waals surface area (Å²) < 4.78 is 0. The molecule has 2 atom stereocenters. The summed E-state index contributed by atoms with van der Waals surface area (Å²) in [5, 5.41) is 18.6. The minimum Gasteiger partial charge on any atom is -0.478 e. The van der Waals surface area contributed by atoms with Gasteiger partial charge in [0.2, 0.25) is 0 Å². The predicted molar refractivity (Wildman–Crippen MR) is 133 cm³/mol. The Kier molecular flexibility index (Phi) is 8.98. The third-order valence-electron chi connectivity index (χ3n) is 5.79. The molecule has 4 nitrogen and oxygen atoms in total. The van der Waals surface area contributed by atoms with Crippen molar-refractivity contribution in [2.24, 2.45) is 0 Å². The van der Waals surface area contributed by atoms with Crippen LogP contribution in [0.4, 0.5) is 0 Å². The third kappa shape index (κ3) is 7.31. The molecule has 0 heterocycles. The Morgan fingerprint density at radius 1 is 0.667 bits per heavy atom. The molecule has 0 saturated heterocycles. The summed E-state index contributed by atoms with van der Waals surface area (Å²) in [6, 6.07) is 24.5. The molecule has 2 unspecified atom stereocenters. The van der Waals surface area contributed by atoms with Crippen molar-refractivity contribution in [2.45, 2.75) is 58.3 Å². The number of benzene rings is 3. The van der Waals surface area contributed by atoms with Crippen LogP contribution >= 0.6 is 0 Å². The maximum atomic E-state index is 11.3. The molecule has 2 N–H and O–H groups in total. The molecule has 174 valence electrons. The first-order valence-electron chi connectivity index (χ1n) is 11.2. The number of carboxylic acids is 2. The number of carboxylic acid groups (broad SMARTS) is 2. The molecule has 0 radical (unpaired) electrons. The van der Waals surface area contributed by atoms with Crippen LogP contribution in [0.25, 0.3) is 0 Å². The quantitative estimate of drug-likeness (QED) is 0.415. The average molecular weight is 447 g/mol. The van der Waals surface area contributed by atoms with Crippen molar-refractivity contribution in [3.05, 3.63) is 107 Å². The van der Waals surface area contributed by atoms with E-state index >= 15 is 0 Å². The largest absolute Gasteiger partial charge is 0.478 e. The van der Waals surface area contributed by atoms with Crippen LogP contribution in [0.15, 0.2) is 78.9 Å². The summed E-state index contributed by atoms with van der Waals surface area (Å²) in [7, 11) is 0. The van der Waals surface area contributed by atoms with Crippen LogP contribution in [0.1, 0.15) is 90.3 Å². The number of rotatable bonds is 6. The van der Waals surface area contributed by atoms with E-state index in [1.54, 1.807) is 24.3 Å². The highest BCUT2D eigenvalue weighted by atomic mass is 16.4. The molecule has 0 aliphatic heterocycles. The van der Waals surface area contributed by atoms with Gasteiger partial charge < -0.3 is 10.2 Å². The first-order chi connectivity index (χ1) is 15.5. The Morgan fingerprint density at radius 2 is 1.03 bits per heavy atom. The normalized spacial score (nSPS) is 12.8. The zero-order valence-corrected chi connectivity index (χ0v) is 20.1. The maximum Gasteiger partial charge on any atom is 0.335 e. The van der Waals surface area contributed by atoms with Crippen molar-refractivity contribution < 1.29 is 19.8 Å². The molecule has 0 aliphatic rings. The lowest BCUT2D eigenvalue weighted by atomic mass is 9.84. The second kappa shape index (κ2) is 11.5. The number of hydrogen-bond donors (Lipinski definition) is 2. The lowest BCUT2D eigenvalue weighted by Gasteiger charge is -2.20. The van der Waals surface area contributed by atoms with Gasteiger partial charge in [-0.1, -0.05) is 101 Å². The molecule has 0 saturated carbocycles. The summed E-state index contributed by atoms with van der Waals surface area (Å²) in [5.74, 6) is -1.85. The van der Waals surface area contributed by atoms with Crippen LogP contribution in [0.5, 0.6) is 0 Å². The van der Waals surface area contributed by atoms with Crippen LogP contribution in [-0.2, 0) is 5.41 Å². The standard InChI is InChI=1S/C19H20O4.C10H14/c1-12(14-7-3-5-9-16(14)18(20)21)11-13(2)15-8-4-6-10-17(15)19(22)23;1-10(2,3)9-7-5-4-6-8-9/h3-10,12-13H,11H2,1-2H3,(H,20,21)(H,22,23);4-8H,1-3H3. The molecule has 0 fully saturated rings. The Labute approximate surface area is 196 Å². The van der Waals surface area contributed by atoms with Gasteiger partial charge in [0, 0.05) is 0 Å². The first-order valence-corrected chi connectivity index (χ1v) is 11.2. The molecule has 3 aromatic carbocycles. The molecule has 3 rings (SSSR count). The van der Waals surface area contributed by atoms with Crippen LogP contribution in [-0.4, -0.2) is 22.2 Å². The van der Waals surface area contributed by atoms with Crippen LogP contribution in [0, 0.1) is 0 Å². The summed E-state index contributed by atoms with van der Waals surface area (Å²) in [5.41, 5.74) is 3.85. The van der Waals surface area contributed by atoms with Crippen molar-refractivity contribution in [3.63, 3.8) is 0 Å². The smallest absolute Gasteiger partial charge is 0.335 e. The van der Waals surface area contributed by atoms with Gasteiger partial charge >= 0.3 is 11.9 Å². The van der Waals surface area contributed by atoms with Gasteiger partial charge in [-0.05, 0) is 52.5 Å². The van der Waals surface area contributed by atoms with E-state index in [0.29, 0.717) is 23.0 Å². The Bertz CT molecular complexity index is 1000. The average Bonchev–Trinajstić information content (AvgIpc) is 2.79. The lowest BCUT2D eigenvalue weighted by molar-refractivity contribution is 0.0685. The fourth-order valence-corrected chi connectivity index (χ4v) is 3.97. The minimum absolute atomic E-state index is 0.0131. The molecule has 0 aromatic heterocycles. The molecular weight excluding hydrogens is 412 g/mol. The molecule has 3 aromatic rings. The highest BCUT2D eigenvalue weighted by molar-refractivity contribution is 5.90. The number of aromatic carboxylic acids is 2. The van der Waals surface area contributed by atoms with Crippen molar-refractivity contribution in [1.29, 1.82) is 0 Å². The van der Waals surface area contributed by atoms with Gasteiger partial charge in [0.25, 0.3) is 0 Å². The van der Waals surface area contributed by atoms with Crippen LogP contribution in [0.2, 0.25) is 0 Å². The Morgan fingerprint density at radius 3 is 1.36 bits per heavy atom. The third-order valence-corrected chi connectivity index (χ3v) is 5.79. The van der Waals surface area contributed by atoms with E-state index in [1.807, 2.05) is 38.1 Å². The highest BCUT2D eigenvalue weighted by Crippen LogP contribution is 2.32. The SMILES string of the molecule is CC(C)(C)c1ccccc1.CC(CC(C)c1ccccc1C(=O)O)c1ccccc1C(=O)O. The fourth-order valence-electron chi connectivity index (χ4n) is 3.97. The van der Waals surface area contributed by atoms with E-state index in [2.05, 4.69) is 51.1 Å². The van der Waals surface area contributed by atoms with Crippen molar-refractivity contribution in [2.75, 3.05) is 0 Å². The van der Waals surface area contributed by atoms with E-state index in [4.69, 9.17) is 0 Å². The fraction of sp³-hybridized carbons (Fsp3) is 0.310. The zero-order valence-electron chi connectivity index (χ0n) is 20.1. The summed E-state index contributed by atoms with van der Waals surface area (Å²) in [4.78, 5) is 22.7. The van der Waals surface area contributed by atoms with E-state index in [9.17, 15) is 19.8 Å². The topological polar surface area (TPSA) is 74.6 Å². The Balaban J connectivity index is 0.000000321. The molecular formula is C29H34O4. The molecule has 0 aliphatic carbocycles. The molecule has 4 heteroatoms. The second-order valence-corrected chi connectivity index (χ2v) is 9.44. The first kappa shape index (κ1) is 25.9. The van der Waals surface area contributed by atoms with Gasteiger partial charge in [0.15, 0.2) is 0 Å². The number of carbonyl (C=O) groups is 2. The van der Waals surface area contributed by atoms with E-state index in [0.717, 1.165) is 11.1 Å². The Hall–Kier alpha value is -3.40. The van der Waals surface area contributed by atoms with Gasteiger partial charge in [0.1, 0.15) is 0 Å². The predicted octanol–water partition coefficient (Wildman–Crippen LogP) is 7.36. The van der Waals surface area contributed by atoms with Gasteiger partial charge in [-0.15, -0.1) is 0 Å². The van der Waals surface area contributed by atoms with Gasteiger partial charge in [-0.2, -0.15) is 0 Å². The van der Waals surface area contributed by atoms with Gasteiger partial charge in [0.05, 0.1) is 11.1 Å². The summed E-state index contributed by atoms with van der Waals surface area (Å²) >= 11 is 0. The van der Waals surface area contributed by atoms with Crippen molar-refractivity contribution in [3.8, 4) is 0 Å². The molecule has 33 heavy (non-hydrogen) atoms. The highest BCUT2D eigenvalue weighted by Gasteiger charge is 2.20. The van der Waals surface area contributed by atoms with Crippen molar-refractivity contribution >= 4 is 11.9 Å².